The standard InChI is InChI=1S/C20H22N2O2S2/c1-11(2)24-20(23)18-17(21)16-14-8-4-3-7-13(14)15(22-19(16)26-18)10-12-6-5-9-25-12/h5-6,9,11H,3-4,7-8,10,21H2,1-2H3. The van der Waals surface area contributed by atoms with Gasteiger partial charge in [-0.15, -0.1) is 22.7 Å². The molecule has 4 nitrogen and oxygen atoms in total. The van der Waals surface area contributed by atoms with Gasteiger partial charge in [-0.2, -0.15) is 0 Å². The van der Waals surface area contributed by atoms with Crippen LogP contribution in [-0.4, -0.2) is 17.1 Å². The highest BCUT2D eigenvalue weighted by molar-refractivity contribution is 7.21. The van der Waals surface area contributed by atoms with E-state index in [1.54, 1.807) is 11.3 Å². The molecule has 26 heavy (non-hydrogen) atoms. The average molecular weight is 387 g/mol. The van der Waals surface area contributed by atoms with Crippen molar-refractivity contribution in [2.75, 3.05) is 5.73 Å². The number of hydrogen-bond donors (Lipinski definition) is 1. The molecular formula is C20H22N2O2S2. The van der Waals surface area contributed by atoms with Gasteiger partial charge in [-0.3, -0.25) is 0 Å². The van der Waals surface area contributed by atoms with Crippen LogP contribution in [0.5, 0.6) is 0 Å². The Balaban J connectivity index is 1.86. The van der Waals surface area contributed by atoms with Crippen LogP contribution < -0.4 is 5.73 Å². The molecule has 3 aromatic heterocycles. The lowest BCUT2D eigenvalue weighted by Crippen LogP contribution is -2.12. The van der Waals surface area contributed by atoms with Crippen molar-refractivity contribution in [2.45, 2.75) is 52.1 Å². The van der Waals surface area contributed by atoms with Gasteiger partial charge in [0.25, 0.3) is 0 Å². The number of ether oxygens (including phenoxy) is 1. The molecule has 1 aliphatic carbocycles. The van der Waals surface area contributed by atoms with E-state index in [4.69, 9.17) is 15.5 Å². The summed E-state index contributed by atoms with van der Waals surface area (Å²) in [7, 11) is 0. The summed E-state index contributed by atoms with van der Waals surface area (Å²) in [6, 6.07) is 4.23. The molecule has 2 N–H and O–H groups in total. The molecule has 4 rings (SSSR count). The lowest BCUT2D eigenvalue weighted by atomic mass is 9.88. The van der Waals surface area contributed by atoms with Crippen LogP contribution >= 0.6 is 22.7 Å². The van der Waals surface area contributed by atoms with E-state index < -0.39 is 0 Å². The number of aryl methyl sites for hydroxylation is 1. The number of pyridine rings is 1. The van der Waals surface area contributed by atoms with Gasteiger partial charge in [-0.25, -0.2) is 9.78 Å². The minimum absolute atomic E-state index is 0.164. The van der Waals surface area contributed by atoms with Crippen molar-refractivity contribution >= 4 is 44.5 Å². The van der Waals surface area contributed by atoms with Crippen molar-refractivity contribution in [1.82, 2.24) is 4.98 Å². The van der Waals surface area contributed by atoms with E-state index in [0.29, 0.717) is 10.6 Å². The number of anilines is 1. The molecule has 0 saturated carbocycles. The quantitative estimate of drug-likeness (QED) is 0.643. The van der Waals surface area contributed by atoms with Crippen LogP contribution in [0, 0.1) is 0 Å². The Bertz CT molecular complexity index is 958. The smallest absolute Gasteiger partial charge is 0.350 e. The highest BCUT2D eigenvalue weighted by atomic mass is 32.1. The molecule has 0 saturated heterocycles. The fraction of sp³-hybridized carbons (Fsp3) is 0.400. The van der Waals surface area contributed by atoms with Gasteiger partial charge < -0.3 is 10.5 Å². The number of thiophene rings is 2. The number of carbonyl (C=O) groups is 1. The van der Waals surface area contributed by atoms with E-state index in [9.17, 15) is 4.79 Å². The Kier molecular flexibility index (Phi) is 4.71. The summed E-state index contributed by atoms with van der Waals surface area (Å²) in [4.78, 5) is 20.0. The van der Waals surface area contributed by atoms with Gasteiger partial charge in [-0.1, -0.05) is 6.07 Å². The number of nitrogens with two attached hydrogens (primary N) is 1. The summed E-state index contributed by atoms with van der Waals surface area (Å²) in [6.45, 7) is 3.70. The first-order valence-electron chi connectivity index (χ1n) is 9.00. The van der Waals surface area contributed by atoms with Gasteiger partial charge in [0.1, 0.15) is 9.71 Å². The summed E-state index contributed by atoms with van der Waals surface area (Å²) in [5.41, 5.74) is 10.7. The maximum Gasteiger partial charge on any atom is 0.350 e. The lowest BCUT2D eigenvalue weighted by Gasteiger charge is -2.20. The molecular weight excluding hydrogens is 364 g/mol. The molecule has 1 aliphatic rings. The molecule has 0 bridgehead atoms. The van der Waals surface area contributed by atoms with Gasteiger partial charge in [0.2, 0.25) is 0 Å². The van der Waals surface area contributed by atoms with Crippen LogP contribution in [0.25, 0.3) is 10.2 Å². The second kappa shape index (κ2) is 7.00. The first kappa shape index (κ1) is 17.5. The Hall–Kier alpha value is -1.92. The second-order valence-electron chi connectivity index (χ2n) is 6.96. The van der Waals surface area contributed by atoms with Gasteiger partial charge in [0, 0.05) is 16.7 Å². The normalized spacial score (nSPS) is 14.0. The molecule has 0 unspecified atom stereocenters. The van der Waals surface area contributed by atoms with Crippen molar-refractivity contribution in [2.24, 2.45) is 0 Å². The maximum atomic E-state index is 12.4. The molecule has 6 heteroatoms. The third-order valence-electron chi connectivity index (χ3n) is 4.73. The highest BCUT2D eigenvalue weighted by Gasteiger charge is 2.26. The van der Waals surface area contributed by atoms with Crippen molar-refractivity contribution in [1.29, 1.82) is 0 Å². The molecule has 0 atom stereocenters. The molecule has 0 amide bonds. The van der Waals surface area contributed by atoms with Crippen molar-refractivity contribution < 1.29 is 9.53 Å². The lowest BCUT2D eigenvalue weighted by molar-refractivity contribution is 0.0385. The number of aromatic nitrogens is 1. The molecule has 0 radical (unpaired) electrons. The van der Waals surface area contributed by atoms with Crippen LogP contribution in [-0.2, 0) is 24.0 Å². The van der Waals surface area contributed by atoms with E-state index >= 15 is 0 Å². The third-order valence-corrected chi connectivity index (χ3v) is 6.69. The minimum Gasteiger partial charge on any atom is -0.459 e. The number of nitrogens with zero attached hydrogens (tertiary/aromatic N) is 1. The van der Waals surface area contributed by atoms with Crippen LogP contribution in [0.2, 0.25) is 0 Å². The number of fused-ring (bicyclic) bond motifs is 3. The van der Waals surface area contributed by atoms with Crippen molar-refractivity contribution in [3.05, 3.63) is 44.1 Å². The average Bonchev–Trinajstić information content (AvgIpc) is 3.22. The van der Waals surface area contributed by atoms with Crippen molar-refractivity contribution in [3.8, 4) is 0 Å². The Labute approximate surface area is 161 Å². The number of nitrogen functional groups attached to an aromatic ring is 1. The van der Waals surface area contributed by atoms with E-state index in [0.717, 1.165) is 41.6 Å². The zero-order chi connectivity index (χ0) is 18.3. The molecule has 0 spiro atoms. The van der Waals surface area contributed by atoms with Crippen LogP contribution in [0.3, 0.4) is 0 Å². The van der Waals surface area contributed by atoms with Crippen LogP contribution in [0.4, 0.5) is 5.69 Å². The molecule has 136 valence electrons. The first-order valence-corrected chi connectivity index (χ1v) is 10.7. The Morgan fingerprint density at radius 2 is 2.08 bits per heavy atom. The summed E-state index contributed by atoms with van der Waals surface area (Å²) in [6.07, 6.45) is 5.07. The monoisotopic (exact) mass is 386 g/mol. The van der Waals surface area contributed by atoms with Crippen LogP contribution in [0.1, 0.15) is 58.1 Å². The molecule has 3 aromatic rings. The molecule has 0 aromatic carbocycles. The highest BCUT2D eigenvalue weighted by Crippen LogP contribution is 2.40. The molecule has 3 heterocycles. The number of hydrogen-bond acceptors (Lipinski definition) is 6. The Morgan fingerprint density at radius 3 is 2.77 bits per heavy atom. The third kappa shape index (κ3) is 3.12. The summed E-state index contributed by atoms with van der Waals surface area (Å²) in [5.74, 6) is -0.343. The number of esters is 1. The first-order chi connectivity index (χ1) is 12.5. The van der Waals surface area contributed by atoms with Crippen LogP contribution in [0.15, 0.2) is 17.5 Å². The van der Waals surface area contributed by atoms with Gasteiger partial charge in [0.15, 0.2) is 0 Å². The summed E-state index contributed by atoms with van der Waals surface area (Å²) < 4.78 is 5.37. The number of carbonyl (C=O) groups excluding carboxylic acids is 1. The fourth-order valence-corrected chi connectivity index (χ4v) is 5.37. The van der Waals surface area contributed by atoms with E-state index in [-0.39, 0.29) is 12.1 Å². The SMILES string of the molecule is CC(C)OC(=O)c1sc2nc(Cc3cccs3)c3c(c2c1N)CCCC3. The Morgan fingerprint density at radius 1 is 1.31 bits per heavy atom. The topological polar surface area (TPSA) is 65.2 Å². The van der Waals surface area contributed by atoms with E-state index in [1.807, 2.05) is 13.8 Å². The van der Waals surface area contributed by atoms with Crippen molar-refractivity contribution in [3.63, 3.8) is 0 Å². The van der Waals surface area contributed by atoms with Gasteiger partial charge in [0.05, 0.1) is 17.5 Å². The van der Waals surface area contributed by atoms with E-state index in [2.05, 4.69) is 17.5 Å². The zero-order valence-electron chi connectivity index (χ0n) is 15.0. The largest absolute Gasteiger partial charge is 0.459 e. The summed E-state index contributed by atoms with van der Waals surface area (Å²) >= 11 is 3.12. The van der Waals surface area contributed by atoms with Gasteiger partial charge in [-0.05, 0) is 62.1 Å². The zero-order valence-corrected chi connectivity index (χ0v) is 16.6. The predicted molar refractivity (Wildman–Crippen MR) is 108 cm³/mol. The van der Waals surface area contributed by atoms with Gasteiger partial charge >= 0.3 is 5.97 Å². The predicted octanol–water partition coefficient (Wildman–Crippen LogP) is 4.97. The number of rotatable bonds is 4. The summed E-state index contributed by atoms with van der Waals surface area (Å²) in [5, 5.41) is 3.08. The maximum absolute atomic E-state index is 12.4. The second-order valence-corrected chi connectivity index (χ2v) is 8.99. The molecule has 0 fully saturated rings. The van der Waals surface area contributed by atoms with E-state index in [1.165, 1.54) is 33.8 Å². The fourth-order valence-electron chi connectivity index (χ4n) is 3.64. The minimum atomic E-state index is -0.343. The molecule has 0 aliphatic heterocycles.